The van der Waals surface area contributed by atoms with Gasteiger partial charge in [0.1, 0.15) is 6.04 Å². The number of piperidine rings is 1. The Labute approximate surface area is 86.1 Å². The minimum absolute atomic E-state index is 0.264. The highest BCUT2D eigenvalue weighted by atomic mass is 16.4. The predicted molar refractivity (Wildman–Crippen MR) is 56.4 cm³/mol. The molecule has 0 amide bonds. The lowest BCUT2D eigenvalue weighted by Crippen LogP contribution is -2.49. The topological polar surface area (TPSA) is 40.5 Å². The van der Waals surface area contributed by atoms with Gasteiger partial charge in [0.15, 0.2) is 0 Å². The Balaban J connectivity index is 2.65. The van der Waals surface area contributed by atoms with Crippen LogP contribution >= 0.6 is 0 Å². The van der Waals surface area contributed by atoms with Gasteiger partial charge in [-0.1, -0.05) is 20.3 Å². The highest BCUT2D eigenvalue weighted by Gasteiger charge is 2.30. The third-order valence-electron chi connectivity index (χ3n) is 3.22. The molecule has 3 heteroatoms. The molecule has 14 heavy (non-hydrogen) atoms. The van der Waals surface area contributed by atoms with E-state index in [1.165, 1.54) is 12.8 Å². The number of rotatable bonds is 4. The second-order valence-corrected chi connectivity index (χ2v) is 4.06. The van der Waals surface area contributed by atoms with Gasteiger partial charge in [0.25, 0.3) is 0 Å². The van der Waals surface area contributed by atoms with Crippen LogP contribution in [0.5, 0.6) is 0 Å². The van der Waals surface area contributed by atoms with E-state index in [0.717, 1.165) is 19.4 Å². The standard InChI is InChI=1S/C11H21NO2/c1-3-9-7-5-6-8-12(9)10(4-2)11(13)14/h9-10H,3-8H2,1-2H3,(H,13,14). The maximum Gasteiger partial charge on any atom is 0.320 e. The molecule has 0 radical (unpaired) electrons. The lowest BCUT2D eigenvalue weighted by molar-refractivity contribution is -0.145. The minimum Gasteiger partial charge on any atom is -0.480 e. The average molecular weight is 199 g/mol. The van der Waals surface area contributed by atoms with Gasteiger partial charge in [-0.15, -0.1) is 0 Å². The van der Waals surface area contributed by atoms with Gasteiger partial charge in [-0.2, -0.15) is 0 Å². The zero-order valence-electron chi connectivity index (χ0n) is 9.20. The monoisotopic (exact) mass is 199 g/mol. The van der Waals surface area contributed by atoms with Crippen molar-refractivity contribution >= 4 is 5.97 Å². The number of likely N-dealkylation sites (tertiary alicyclic amines) is 1. The van der Waals surface area contributed by atoms with Crippen molar-refractivity contribution in [3.8, 4) is 0 Å². The Hall–Kier alpha value is -0.570. The zero-order valence-corrected chi connectivity index (χ0v) is 9.20. The van der Waals surface area contributed by atoms with Gasteiger partial charge in [-0.05, 0) is 32.2 Å². The predicted octanol–water partition coefficient (Wildman–Crippen LogP) is 2.11. The van der Waals surface area contributed by atoms with Gasteiger partial charge in [-0.25, -0.2) is 0 Å². The molecule has 1 heterocycles. The summed E-state index contributed by atoms with van der Waals surface area (Å²) in [5.41, 5.74) is 0. The van der Waals surface area contributed by atoms with Crippen molar-refractivity contribution in [2.24, 2.45) is 0 Å². The quantitative estimate of drug-likeness (QED) is 0.754. The molecule has 0 aliphatic carbocycles. The molecule has 0 aromatic heterocycles. The summed E-state index contributed by atoms with van der Waals surface area (Å²) >= 11 is 0. The molecule has 1 saturated heterocycles. The number of aliphatic carboxylic acids is 1. The third-order valence-corrected chi connectivity index (χ3v) is 3.22. The number of hydrogen-bond acceptors (Lipinski definition) is 2. The molecule has 1 rings (SSSR count). The number of carboxylic acids is 1. The van der Waals surface area contributed by atoms with Crippen molar-refractivity contribution in [3.63, 3.8) is 0 Å². The molecule has 1 aliphatic heterocycles. The number of carbonyl (C=O) groups is 1. The number of hydrogen-bond donors (Lipinski definition) is 1. The smallest absolute Gasteiger partial charge is 0.320 e. The van der Waals surface area contributed by atoms with E-state index in [1.54, 1.807) is 0 Å². The largest absolute Gasteiger partial charge is 0.480 e. The van der Waals surface area contributed by atoms with Gasteiger partial charge >= 0.3 is 5.97 Å². The summed E-state index contributed by atoms with van der Waals surface area (Å²) in [4.78, 5) is 13.2. The molecule has 0 bridgehead atoms. The van der Waals surface area contributed by atoms with Gasteiger partial charge in [0.2, 0.25) is 0 Å². The lowest BCUT2D eigenvalue weighted by Gasteiger charge is -2.38. The van der Waals surface area contributed by atoms with Crippen LogP contribution in [0.2, 0.25) is 0 Å². The van der Waals surface area contributed by atoms with E-state index in [-0.39, 0.29) is 6.04 Å². The van der Waals surface area contributed by atoms with E-state index in [2.05, 4.69) is 11.8 Å². The molecule has 1 N–H and O–H groups in total. The first-order valence-electron chi connectivity index (χ1n) is 5.69. The summed E-state index contributed by atoms with van der Waals surface area (Å²) in [5.74, 6) is -0.659. The molecule has 3 nitrogen and oxygen atoms in total. The Morgan fingerprint density at radius 2 is 2.21 bits per heavy atom. The van der Waals surface area contributed by atoms with Crippen molar-refractivity contribution in [2.45, 2.75) is 58.0 Å². The van der Waals surface area contributed by atoms with Crippen molar-refractivity contribution in [1.82, 2.24) is 4.90 Å². The van der Waals surface area contributed by atoms with Crippen LogP contribution in [0.1, 0.15) is 46.0 Å². The summed E-state index contributed by atoms with van der Waals surface area (Å²) in [7, 11) is 0. The highest BCUT2D eigenvalue weighted by molar-refractivity contribution is 5.73. The first-order chi connectivity index (χ1) is 6.70. The maximum atomic E-state index is 11.0. The first kappa shape index (κ1) is 11.5. The summed E-state index contributed by atoms with van der Waals surface area (Å²) in [6, 6.07) is 0.227. The summed E-state index contributed by atoms with van der Waals surface area (Å²) in [5, 5.41) is 9.10. The Morgan fingerprint density at radius 3 is 2.71 bits per heavy atom. The van der Waals surface area contributed by atoms with Gasteiger partial charge in [0.05, 0.1) is 0 Å². The third kappa shape index (κ3) is 2.47. The van der Waals surface area contributed by atoms with Gasteiger partial charge < -0.3 is 5.11 Å². The number of carboxylic acid groups (broad SMARTS) is 1. The fourth-order valence-corrected chi connectivity index (χ4v) is 2.42. The first-order valence-corrected chi connectivity index (χ1v) is 5.69. The minimum atomic E-state index is -0.659. The van der Waals surface area contributed by atoms with Crippen LogP contribution in [0.3, 0.4) is 0 Å². The molecule has 0 spiro atoms. The maximum absolute atomic E-state index is 11.0. The van der Waals surface area contributed by atoms with Crippen LogP contribution in [-0.4, -0.2) is 34.6 Å². The highest BCUT2D eigenvalue weighted by Crippen LogP contribution is 2.23. The van der Waals surface area contributed by atoms with Crippen LogP contribution in [0.4, 0.5) is 0 Å². The van der Waals surface area contributed by atoms with Crippen LogP contribution in [0, 0.1) is 0 Å². The van der Waals surface area contributed by atoms with Crippen molar-refractivity contribution in [1.29, 1.82) is 0 Å². The normalized spacial score (nSPS) is 26.0. The van der Waals surface area contributed by atoms with Crippen molar-refractivity contribution in [2.75, 3.05) is 6.54 Å². The molecule has 2 atom stereocenters. The molecular formula is C11H21NO2. The van der Waals surface area contributed by atoms with Gasteiger partial charge in [-0.3, -0.25) is 9.69 Å². The van der Waals surface area contributed by atoms with E-state index in [9.17, 15) is 4.79 Å². The molecule has 1 aliphatic rings. The Bertz CT molecular complexity index is 194. The summed E-state index contributed by atoms with van der Waals surface area (Å²) < 4.78 is 0. The van der Waals surface area contributed by atoms with Crippen LogP contribution in [0.25, 0.3) is 0 Å². The Morgan fingerprint density at radius 1 is 1.50 bits per heavy atom. The molecular weight excluding hydrogens is 178 g/mol. The van der Waals surface area contributed by atoms with Crippen LogP contribution in [0.15, 0.2) is 0 Å². The van der Waals surface area contributed by atoms with Crippen LogP contribution in [-0.2, 0) is 4.79 Å². The van der Waals surface area contributed by atoms with E-state index in [4.69, 9.17) is 5.11 Å². The molecule has 0 saturated carbocycles. The summed E-state index contributed by atoms with van der Waals surface area (Å²) in [6.45, 7) is 5.07. The second kappa shape index (κ2) is 5.35. The molecule has 2 unspecified atom stereocenters. The van der Waals surface area contributed by atoms with E-state index < -0.39 is 5.97 Å². The van der Waals surface area contributed by atoms with Crippen molar-refractivity contribution in [3.05, 3.63) is 0 Å². The fraction of sp³-hybridized carbons (Fsp3) is 0.909. The SMILES string of the molecule is CCC1CCCCN1C(CC)C(=O)O. The Kier molecular flexibility index (Phi) is 4.39. The van der Waals surface area contributed by atoms with E-state index in [1.807, 2.05) is 6.92 Å². The zero-order chi connectivity index (χ0) is 10.6. The molecule has 0 aromatic carbocycles. The van der Waals surface area contributed by atoms with Crippen LogP contribution < -0.4 is 0 Å². The fourth-order valence-electron chi connectivity index (χ4n) is 2.42. The van der Waals surface area contributed by atoms with E-state index in [0.29, 0.717) is 12.5 Å². The average Bonchev–Trinajstić information content (AvgIpc) is 2.19. The number of nitrogens with zero attached hydrogens (tertiary/aromatic N) is 1. The molecule has 1 fully saturated rings. The summed E-state index contributed by atoms with van der Waals surface area (Å²) in [6.07, 6.45) is 5.36. The second-order valence-electron chi connectivity index (χ2n) is 4.06. The molecule has 0 aromatic rings. The van der Waals surface area contributed by atoms with E-state index >= 15 is 0 Å². The molecule has 82 valence electrons. The lowest BCUT2D eigenvalue weighted by atomic mass is 9.97. The van der Waals surface area contributed by atoms with Crippen molar-refractivity contribution < 1.29 is 9.90 Å². The van der Waals surface area contributed by atoms with Gasteiger partial charge in [0, 0.05) is 6.04 Å².